The molecule has 0 N–H and O–H groups in total. The molecule has 4 aromatic rings. The number of likely N-dealkylation sites (tertiary alicyclic amines) is 1. The number of ether oxygens (including phenoxy) is 4. The van der Waals surface area contributed by atoms with Crippen LogP contribution in [0, 0.1) is 0 Å². The van der Waals surface area contributed by atoms with Gasteiger partial charge in [-0.05, 0) is 60.4 Å². The highest BCUT2D eigenvalue weighted by Gasteiger charge is 2.38. The van der Waals surface area contributed by atoms with Gasteiger partial charge >= 0.3 is 11.9 Å². The monoisotopic (exact) mass is 607 g/mol. The van der Waals surface area contributed by atoms with E-state index in [0.29, 0.717) is 35.7 Å². The zero-order valence-electron chi connectivity index (χ0n) is 25.8. The summed E-state index contributed by atoms with van der Waals surface area (Å²) in [5.74, 6) is 0.656. The fourth-order valence-corrected chi connectivity index (χ4v) is 5.92. The van der Waals surface area contributed by atoms with E-state index >= 15 is 0 Å². The van der Waals surface area contributed by atoms with Gasteiger partial charge in [-0.25, -0.2) is 9.59 Å². The SMILES string of the molecule is COC(=O)c1ccccc1COc1ccc(C2(c3ccc(OCc4ccccc4C(=O)OC)cc3)CCN(C(C)=O)CC2)cc1. The lowest BCUT2D eigenvalue weighted by Gasteiger charge is -2.42. The molecule has 0 unspecified atom stereocenters. The molecule has 45 heavy (non-hydrogen) atoms. The Labute approximate surface area is 263 Å². The number of nitrogens with zero attached hydrogens (tertiary/aromatic N) is 1. The molecule has 0 bridgehead atoms. The molecule has 1 heterocycles. The van der Waals surface area contributed by atoms with Crippen molar-refractivity contribution < 1.29 is 33.3 Å². The Bertz CT molecular complexity index is 1530. The van der Waals surface area contributed by atoms with Crippen molar-refractivity contribution in [2.24, 2.45) is 0 Å². The minimum absolute atomic E-state index is 0.0792. The highest BCUT2D eigenvalue weighted by Crippen LogP contribution is 2.43. The van der Waals surface area contributed by atoms with Crippen molar-refractivity contribution in [1.82, 2.24) is 4.90 Å². The molecular weight excluding hydrogens is 570 g/mol. The van der Waals surface area contributed by atoms with E-state index in [-0.39, 0.29) is 24.5 Å². The second-order valence-electron chi connectivity index (χ2n) is 11.0. The van der Waals surface area contributed by atoms with E-state index < -0.39 is 11.9 Å². The number of methoxy groups -OCH3 is 2. The Morgan fingerprint density at radius 1 is 0.622 bits per heavy atom. The second-order valence-corrected chi connectivity index (χ2v) is 11.0. The largest absolute Gasteiger partial charge is 0.489 e. The van der Waals surface area contributed by atoms with Crippen molar-refractivity contribution in [3.63, 3.8) is 0 Å². The van der Waals surface area contributed by atoms with Gasteiger partial charge in [0.2, 0.25) is 5.91 Å². The lowest BCUT2D eigenvalue weighted by Crippen LogP contribution is -2.45. The van der Waals surface area contributed by atoms with Gasteiger partial charge in [0.05, 0.1) is 25.3 Å². The van der Waals surface area contributed by atoms with E-state index in [1.165, 1.54) is 14.2 Å². The molecule has 5 rings (SSSR count). The summed E-state index contributed by atoms with van der Waals surface area (Å²) < 4.78 is 21.9. The first-order chi connectivity index (χ1) is 21.8. The Morgan fingerprint density at radius 3 is 1.40 bits per heavy atom. The number of benzene rings is 4. The summed E-state index contributed by atoms with van der Waals surface area (Å²) in [5.41, 5.74) is 4.41. The summed E-state index contributed by atoms with van der Waals surface area (Å²) in [4.78, 5) is 38.3. The van der Waals surface area contributed by atoms with Crippen molar-refractivity contribution in [3.8, 4) is 11.5 Å². The number of hydrogen-bond donors (Lipinski definition) is 0. The summed E-state index contributed by atoms with van der Waals surface area (Å²) in [6.45, 7) is 3.38. The molecule has 1 saturated heterocycles. The van der Waals surface area contributed by atoms with Crippen molar-refractivity contribution in [2.45, 2.75) is 38.4 Å². The third kappa shape index (κ3) is 7.01. The van der Waals surface area contributed by atoms with Gasteiger partial charge in [-0.15, -0.1) is 0 Å². The Hall–Kier alpha value is -5.11. The number of piperidine rings is 1. The molecule has 0 saturated carbocycles. The first kappa shape index (κ1) is 31.3. The summed E-state index contributed by atoms with van der Waals surface area (Å²) in [7, 11) is 2.73. The fraction of sp³-hybridized carbons (Fsp3) is 0.270. The number of esters is 2. The molecule has 0 aliphatic carbocycles. The standard InChI is InChI=1S/C37H37NO7/c1-26(39)38-22-20-37(21-23-38,29-12-16-31(17-13-29)44-24-27-8-4-6-10-33(27)35(40)42-2)30-14-18-32(19-15-30)45-25-28-9-5-7-11-34(28)36(41)43-3/h4-19H,20-25H2,1-3H3. The lowest BCUT2D eigenvalue weighted by atomic mass is 9.68. The number of rotatable bonds is 10. The molecular formula is C37H37NO7. The fourth-order valence-electron chi connectivity index (χ4n) is 5.92. The molecule has 1 amide bonds. The van der Waals surface area contributed by atoms with Crippen LogP contribution in [-0.2, 0) is 32.9 Å². The molecule has 1 aliphatic heterocycles. The quantitative estimate of drug-likeness (QED) is 0.194. The number of amides is 1. The predicted molar refractivity (Wildman–Crippen MR) is 169 cm³/mol. The van der Waals surface area contributed by atoms with Crippen molar-refractivity contribution in [3.05, 3.63) is 130 Å². The normalized spacial score (nSPS) is 13.9. The first-order valence-corrected chi connectivity index (χ1v) is 14.9. The smallest absolute Gasteiger partial charge is 0.338 e. The number of carbonyl (C=O) groups excluding carboxylic acids is 3. The zero-order chi connectivity index (χ0) is 31.8. The summed E-state index contributed by atoms with van der Waals surface area (Å²) in [6, 6.07) is 30.6. The van der Waals surface area contributed by atoms with Crippen LogP contribution >= 0.6 is 0 Å². The van der Waals surface area contributed by atoms with Crippen molar-refractivity contribution in [1.29, 1.82) is 0 Å². The molecule has 8 heteroatoms. The van der Waals surface area contributed by atoms with Gasteiger partial charge in [-0.2, -0.15) is 0 Å². The minimum atomic E-state index is -0.397. The molecule has 0 radical (unpaired) electrons. The Balaban J connectivity index is 1.34. The van der Waals surface area contributed by atoms with Gasteiger partial charge in [0.15, 0.2) is 0 Å². The average Bonchev–Trinajstić information content (AvgIpc) is 3.09. The Morgan fingerprint density at radius 2 is 1.02 bits per heavy atom. The van der Waals surface area contributed by atoms with Crippen LogP contribution < -0.4 is 9.47 Å². The molecule has 8 nitrogen and oxygen atoms in total. The molecule has 0 aromatic heterocycles. The molecule has 0 atom stereocenters. The van der Waals surface area contributed by atoms with Crippen LogP contribution in [0.25, 0.3) is 0 Å². The van der Waals surface area contributed by atoms with Crippen LogP contribution in [0.2, 0.25) is 0 Å². The number of carbonyl (C=O) groups is 3. The third-order valence-corrected chi connectivity index (χ3v) is 8.51. The topological polar surface area (TPSA) is 91.4 Å². The van der Waals surface area contributed by atoms with Crippen LogP contribution in [-0.4, -0.2) is 50.1 Å². The highest BCUT2D eigenvalue weighted by molar-refractivity contribution is 5.91. The third-order valence-electron chi connectivity index (χ3n) is 8.51. The summed E-state index contributed by atoms with van der Waals surface area (Å²) in [6.07, 6.45) is 1.54. The van der Waals surface area contributed by atoms with E-state index in [2.05, 4.69) is 24.3 Å². The van der Waals surface area contributed by atoms with E-state index in [0.717, 1.165) is 35.1 Å². The van der Waals surface area contributed by atoms with E-state index in [1.54, 1.807) is 31.2 Å². The van der Waals surface area contributed by atoms with E-state index in [4.69, 9.17) is 18.9 Å². The molecule has 1 fully saturated rings. The zero-order valence-corrected chi connectivity index (χ0v) is 25.8. The van der Waals surface area contributed by atoms with Crippen molar-refractivity contribution >= 4 is 17.8 Å². The van der Waals surface area contributed by atoms with Gasteiger partial charge in [-0.3, -0.25) is 4.79 Å². The van der Waals surface area contributed by atoms with E-state index in [1.807, 2.05) is 53.4 Å². The van der Waals surface area contributed by atoms with Crippen LogP contribution in [0.1, 0.15) is 62.7 Å². The second kappa shape index (κ2) is 14.1. The molecule has 1 aliphatic rings. The maximum absolute atomic E-state index is 12.2. The summed E-state index contributed by atoms with van der Waals surface area (Å²) >= 11 is 0. The van der Waals surface area contributed by atoms with Crippen LogP contribution in [0.4, 0.5) is 0 Å². The van der Waals surface area contributed by atoms with E-state index in [9.17, 15) is 14.4 Å². The molecule has 4 aromatic carbocycles. The lowest BCUT2D eigenvalue weighted by molar-refractivity contribution is -0.130. The van der Waals surface area contributed by atoms with Gasteiger partial charge in [0, 0.05) is 36.6 Å². The van der Waals surface area contributed by atoms with Crippen LogP contribution in [0.5, 0.6) is 11.5 Å². The summed E-state index contributed by atoms with van der Waals surface area (Å²) in [5, 5.41) is 0. The maximum Gasteiger partial charge on any atom is 0.338 e. The van der Waals surface area contributed by atoms with Crippen LogP contribution in [0.3, 0.4) is 0 Å². The van der Waals surface area contributed by atoms with Crippen molar-refractivity contribution in [2.75, 3.05) is 27.3 Å². The maximum atomic E-state index is 12.2. The van der Waals surface area contributed by atoms with Gasteiger partial charge in [0.25, 0.3) is 0 Å². The number of hydrogen-bond acceptors (Lipinski definition) is 7. The van der Waals surface area contributed by atoms with Gasteiger partial charge in [0.1, 0.15) is 24.7 Å². The average molecular weight is 608 g/mol. The van der Waals surface area contributed by atoms with Crippen LogP contribution in [0.15, 0.2) is 97.1 Å². The highest BCUT2D eigenvalue weighted by atomic mass is 16.5. The minimum Gasteiger partial charge on any atom is -0.489 e. The van der Waals surface area contributed by atoms with Gasteiger partial charge in [-0.1, -0.05) is 60.7 Å². The molecule has 0 spiro atoms. The molecule has 232 valence electrons. The first-order valence-electron chi connectivity index (χ1n) is 14.9. The predicted octanol–water partition coefficient (Wildman–Crippen LogP) is 6.35. The Kier molecular flexibility index (Phi) is 9.82. The van der Waals surface area contributed by atoms with Gasteiger partial charge < -0.3 is 23.8 Å².